The molecule has 0 radical (unpaired) electrons. The van der Waals surface area contributed by atoms with E-state index < -0.39 is 11.4 Å². The average Bonchev–Trinajstić information content (AvgIpc) is 2.48. The zero-order valence-corrected chi connectivity index (χ0v) is 12.9. The van der Waals surface area contributed by atoms with Crippen LogP contribution < -0.4 is 4.90 Å². The highest BCUT2D eigenvalue weighted by molar-refractivity contribution is 7.80. The van der Waals surface area contributed by atoms with E-state index in [1.54, 1.807) is 0 Å². The molecule has 0 fully saturated rings. The smallest absolute Gasteiger partial charge is 0.269 e. The van der Waals surface area contributed by atoms with E-state index >= 15 is 0 Å². The zero-order chi connectivity index (χ0) is 15.9. The molecule has 5 heteroatoms. The fourth-order valence-electron chi connectivity index (χ4n) is 2.58. The first-order valence-corrected chi connectivity index (χ1v) is 7.17. The Bertz CT molecular complexity index is 811. The van der Waals surface area contributed by atoms with Crippen LogP contribution in [0.2, 0.25) is 0 Å². The summed E-state index contributed by atoms with van der Waals surface area (Å²) in [7, 11) is 0. The van der Waals surface area contributed by atoms with Crippen molar-refractivity contribution >= 4 is 28.8 Å². The molecule has 3 rings (SSSR count). The fourth-order valence-corrected chi connectivity index (χ4v) is 2.98. The van der Waals surface area contributed by atoms with Crippen molar-refractivity contribution in [3.63, 3.8) is 0 Å². The summed E-state index contributed by atoms with van der Waals surface area (Å²) in [6.45, 7) is 3.83. The maximum Gasteiger partial charge on any atom is 0.269 e. The second-order valence-electron chi connectivity index (χ2n) is 5.51. The van der Waals surface area contributed by atoms with Crippen LogP contribution in [-0.4, -0.2) is 5.17 Å². The van der Waals surface area contributed by atoms with E-state index in [2.05, 4.69) is 0 Å². The van der Waals surface area contributed by atoms with Gasteiger partial charge in [-0.15, -0.1) is 0 Å². The quantitative estimate of drug-likeness (QED) is 0.732. The molecule has 110 valence electrons. The molecule has 0 saturated heterocycles. The van der Waals surface area contributed by atoms with E-state index in [0.717, 1.165) is 11.3 Å². The molecular formula is C17H13FN2OS. The van der Waals surface area contributed by atoms with Gasteiger partial charge in [-0.25, -0.2) is 4.39 Å². The Morgan fingerprint density at radius 3 is 2.64 bits per heavy atom. The number of hydrogen-bond donors (Lipinski definition) is 0. The van der Waals surface area contributed by atoms with Gasteiger partial charge in [0.25, 0.3) is 5.17 Å². The Balaban J connectivity index is 2.24. The molecule has 0 amide bonds. The molecule has 0 saturated carbocycles. The lowest BCUT2D eigenvalue weighted by Crippen LogP contribution is -2.41. The van der Waals surface area contributed by atoms with E-state index in [4.69, 9.17) is 22.2 Å². The third-order valence-corrected chi connectivity index (χ3v) is 3.90. The van der Waals surface area contributed by atoms with Crippen molar-refractivity contribution < 1.29 is 9.13 Å². The number of rotatable bonds is 1. The lowest BCUT2D eigenvalue weighted by atomic mass is 9.94. The summed E-state index contributed by atoms with van der Waals surface area (Å²) in [5.74, 6) is -0.459. The zero-order valence-electron chi connectivity index (χ0n) is 12.1. The molecule has 0 bridgehead atoms. The van der Waals surface area contributed by atoms with Gasteiger partial charge in [-0.1, -0.05) is 18.2 Å². The van der Waals surface area contributed by atoms with Crippen molar-refractivity contribution in [2.75, 3.05) is 4.90 Å². The minimum atomic E-state index is -0.590. The van der Waals surface area contributed by atoms with Crippen LogP contribution in [0.1, 0.15) is 25.0 Å². The topological polar surface area (TPSA) is 36.3 Å². The molecule has 2 aromatic rings. The summed E-state index contributed by atoms with van der Waals surface area (Å²) in [6.07, 6.45) is 0. The fraction of sp³-hybridized carbons (Fsp3) is 0.176. The number of ether oxygens (including phenoxy) is 1. The van der Waals surface area contributed by atoms with Gasteiger partial charge in [0.15, 0.2) is 0 Å². The van der Waals surface area contributed by atoms with E-state index in [-0.39, 0.29) is 10.9 Å². The van der Waals surface area contributed by atoms with Gasteiger partial charge in [-0.2, -0.15) is 5.26 Å². The maximum atomic E-state index is 14.3. The number of anilines is 2. The van der Waals surface area contributed by atoms with Crippen LogP contribution in [0.15, 0.2) is 42.5 Å². The number of nitrogens with zero attached hydrogens (tertiary/aromatic N) is 2. The number of thiocarbonyl (C=S) groups is 1. The summed E-state index contributed by atoms with van der Waals surface area (Å²) in [4.78, 5) is 1.53. The van der Waals surface area contributed by atoms with Crippen LogP contribution >= 0.6 is 12.2 Å². The predicted molar refractivity (Wildman–Crippen MR) is 86.4 cm³/mol. The Labute approximate surface area is 133 Å². The Hall–Kier alpha value is -2.45. The monoisotopic (exact) mass is 312 g/mol. The van der Waals surface area contributed by atoms with Gasteiger partial charge >= 0.3 is 0 Å². The highest BCUT2D eigenvalue weighted by Crippen LogP contribution is 2.42. The van der Waals surface area contributed by atoms with Gasteiger partial charge in [-0.3, -0.25) is 4.90 Å². The molecule has 0 unspecified atom stereocenters. The maximum absolute atomic E-state index is 14.3. The van der Waals surface area contributed by atoms with Crippen molar-refractivity contribution in [2.45, 2.75) is 19.4 Å². The highest BCUT2D eigenvalue weighted by Gasteiger charge is 2.37. The van der Waals surface area contributed by atoms with Gasteiger partial charge in [0.2, 0.25) is 0 Å². The van der Waals surface area contributed by atoms with Gasteiger partial charge in [0.1, 0.15) is 11.4 Å². The number of benzene rings is 2. The first kappa shape index (κ1) is 14.5. The summed E-state index contributed by atoms with van der Waals surface area (Å²) >= 11 is 5.33. The second-order valence-corrected chi connectivity index (χ2v) is 5.86. The highest BCUT2D eigenvalue weighted by atomic mass is 32.1. The first-order chi connectivity index (χ1) is 10.4. The SMILES string of the molecule is CC1(C)OC(=S)N(c2cc(C#N)ccc2F)c2ccccc21. The van der Waals surface area contributed by atoms with E-state index in [1.165, 1.54) is 23.1 Å². The molecule has 2 aromatic carbocycles. The molecule has 1 aliphatic heterocycles. The number of hydrogen-bond acceptors (Lipinski definition) is 3. The molecule has 1 aliphatic rings. The molecule has 0 aliphatic carbocycles. The van der Waals surface area contributed by atoms with Gasteiger partial charge in [0.05, 0.1) is 23.0 Å². The minimum Gasteiger partial charge on any atom is -0.459 e. The molecule has 22 heavy (non-hydrogen) atoms. The number of para-hydroxylation sites is 1. The largest absolute Gasteiger partial charge is 0.459 e. The third-order valence-electron chi connectivity index (χ3n) is 3.63. The summed E-state index contributed by atoms with van der Waals surface area (Å²) in [5.41, 5.74) is 1.66. The van der Waals surface area contributed by atoms with Gasteiger partial charge in [-0.05, 0) is 50.3 Å². The Morgan fingerprint density at radius 1 is 1.18 bits per heavy atom. The normalized spacial score (nSPS) is 15.7. The molecule has 1 heterocycles. The minimum absolute atomic E-state index is 0.165. The van der Waals surface area contributed by atoms with Gasteiger partial charge in [0, 0.05) is 5.56 Å². The summed E-state index contributed by atoms with van der Waals surface area (Å²) < 4.78 is 20.1. The lowest BCUT2D eigenvalue weighted by molar-refractivity contribution is 0.0911. The molecule has 0 atom stereocenters. The lowest BCUT2D eigenvalue weighted by Gasteiger charge is -2.40. The van der Waals surface area contributed by atoms with Crippen molar-refractivity contribution in [3.8, 4) is 6.07 Å². The third kappa shape index (κ3) is 2.22. The molecule has 0 aromatic heterocycles. The number of nitriles is 1. The Morgan fingerprint density at radius 2 is 1.91 bits per heavy atom. The van der Waals surface area contributed by atoms with Crippen LogP contribution in [-0.2, 0) is 10.3 Å². The van der Waals surface area contributed by atoms with Crippen LogP contribution in [0.25, 0.3) is 0 Å². The predicted octanol–water partition coefficient (Wildman–Crippen LogP) is 4.39. The van der Waals surface area contributed by atoms with E-state index in [1.807, 2.05) is 44.2 Å². The average molecular weight is 312 g/mol. The summed E-state index contributed by atoms with van der Waals surface area (Å²) in [5, 5.41) is 9.21. The number of halogens is 1. The number of fused-ring (bicyclic) bond motifs is 1. The second kappa shape index (κ2) is 5.08. The van der Waals surface area contributed by atoms with E-state index in [9.17, 15) is 4.39 Å². The van der Waals surface area contributed by atoms with Gasteiger partial charge < -0.3 is 4.74 Å². The van der Waals surface area contributed by atoms with Crippen molar-refractivity contribution in [1.29, 1.82) is 5.26 Å². The first-order valence-electron chi connectivity index (χ1n) is 6.76. The van der Waals surface area contributed by atoms with Crippen molar-refractivity contribution in [3.05, 3.63) is 59.4 Å². The van der Waals surface area contributed by atoms with Crippen LogP contribution in [0, 0.1) is 17.1 Å². The standard InChI is InChI=1S/C17H13FN2OS/c1-17(2)12-5-3-4-6-14(12)20(16(22)21-17)15-9-11(10-19)7-8-13(15)18/h3-9H,1-2H3. The van der Waals surface area contributed by atoms with Crippen LogP contribution in [0.5, 0.6) is 0 Å². The molecular weight excluding hydrogens is 299 g/mol. The molecule has 0 N–H and O–H groups in total. The van der Waals surface area contributed by atoms with E-state index in [0.29, 0.717) is 5.56 Å². The van der Waals surface area contributed by atoms with Crippen LogP contribution in [0.4, 0.5) is 15.8 Å². The Kier molecular flexibility index (Phi) is 3.34. The molecule has 0 spiro atoms. The molecule has 3 nitrogen and oxygen atoms in total. The van der Waals surface area contributed by atoms with Crippen LogP contribution in [0.3, 0.4) is 0 Å². The summed E-state index contributed by atoms with van der Waals surface area (Å²) in [6, 6.07) is 13.7. The van der Waals surface area contributed by atoms with Crippen molar-refractivity contribution in [1.82, 2.24) is 0 Å². The van der Waals surface area contributed by atoms with Crippen molar-refractivity contribution in [2.24, 2.45) is 0 Å².